The van der Waals surface area contributed by atoms with E-state index in [1.54, 1.807) is 0 Å². The van der Waals surface area contributed by atoms with Gasteiger partial charge in [-0.25, -0.2) is 4.98 Å². The van der Waals surface area contributed by atoms with Crippen LogP contribution in [-0.2, 0) is 11.3 Å². The number of benzene rings is 1. The molecule has 0 unspecified atom stereocenters. The molecule has 0 bridgehead atoms. The predicted molar refractivity (Wildman–Crippen MR) is 124 cm³/mol. The first kappa shape index (κ1) is 24.0. The molecule has 1 aromatic heterocycles. The van der Waals surface area contributed by atoms with Crippen LogP contribution < -0.4 is 10.1 Å². The first-order valence-corrected chi connectivity index (χ1v) is 11.8. The van der Waals surface area contributed by atoms with Gasteiger partial charge in [0.1, 0.15) is 5.75 Å². The van der Waals surface area contributed by atoms with Crippen LogP contribution in [0.25, 0.3) is 0 Å². The molecule has 1 aromatic carbocycles. The Bertz CT molecular complexity index is 668. The molecule has 1 heterocycles. The van der Waals surface area contributed by atoms with Crippen LogP contribution in [0.2, 0.25) is 0 Å². The van der Waals surface area contributed by atoms with Crippen molar-refractivity contribution in [2.24, 2.45) is 0 Å². The van der Waals surface area contributed by atoms with Gasteiger partial charge in [-0.2, -0.15) is 0 Å². The van der Waals surface area contributed by atoms with E-state index in [9.17, 15) is 4.79 Å². The minimum Gasteiger partial charge on any atom is -0.494 e. The molecule has 0 saturated carbocycles. The van der Waals surface area contributed by atoms with Gasteiger partial charge < -0.3 is 14.6 Å². The Labute approximate surface area is 182 Å². The second-order valence-corrected chi connectivity index (χ2v) is 8.01. The van der Waals surface area contributed by atoms with E-state index in [1.807, 2.05) is 43.0 Å². The van der Waals surface area contributed by atoms with Crippen molar-refractivity contribution in [1.29, 1.82) is 0 Å². The predicted octanol–water partition coefficient (Wildman–Crippen LogP) is 6.60. The number of rotatable bonds is 17. The summed E-state index contributed by atoms with van der Waals surface area (Å²) in [6, 6.07) is 7.72. The molecule has 0 fully saturated rings. The molecule has 0 radical (unpaired) electrons. The average molecular weight is 414 g/mol. The highest BCUT2D eigenvalue weighted by atomic mass is 16.5. The lowest BCUT2D eigenvalue weighted by Crippen LogP contribution is -2.10. The first-order valence-electron chi connectivity index (χ1n) is 11.8. The molecular formula is C25H39N3O2. The third kappa shape index (κ3) is 11.0. The Morgan fingerprint density at radius 2 is 1.63 bits per heavy atom. The van der Waals surface area contributed by atoms with Gasteiger partial charge in [0, 0.05) is 31.0 Å². The van der Waals surface area contributed by atoms with Crippen LogP contribution in [0.3, 0.4) is 0 Å². The van der Waals surface area contributed by atoms with Gasteiger partial charge >= 0.3 is 0 Å². The SMILES string of the molecule is CCCCCCCC(=O)Nc1ccc(OCCCCCCCCn2ccnc2)cc1. The van der Waals surface area contributed by atoms with Gasteiger partial charge in [0.05, 0.1) is 12.9 Å². The molecule has 1 N–H and O–H groups in total. The number of nitrogens with zero attached hydrogens (tertiary/aromatic N) is 2. The number of imidazole rings is 1. The molecule has 2 aromatic rings. The monoisotopic (exact) mass is 413 g/mol. The maximum absolute atomic E-state index is 12.0. The van der Waals surface area contributed by atoms with Gasteiger partial charge in [0.15, 0.2) is 0 Å². The normalized spacial score (nSPS) is 10.8. The molecule has 1 amide bonds. The largest absolute Gasteiger partial charge is 0.494 e. The zero-order valence-electron chi connectivity index (χ0n) is 18.7. The molecule has 0 aliphatic rings. The number of unbranched alkanes of at least 4 members (excludes halogenated alkanes) is 9. The molecule has 5 heteroatoms. The Balaban J connectivity index is 1.45. The standard InChI is InChI=1S/C25H39N3O2/c1-2-3-4-7-10-13-25(29)27-23-14-16-24(17-15-23)30-21-12-9-6-5-8-11-19-28-20-18-26-22-28/h14-18,20,22H,2-13,19,21H2,1H3,(H,27,29). The number of ether oxygens (including phenoxy) is 1. The molecule has 30 heavy (non-hydrogen) atoms. The maximum atomic E-state index is 12.0. The molecule has 166 valence electrons. The fraction of sp³-hybridized carbons (Fsp3) is 0.600. The number of carbonyl (C=O) groups is 1. The summed E-state index contributed by atoms with van der Waals surface area (Å²) in [4.78, 5) is 16.0. The lowest BCUT2D eigenvalue weighted by Gasteiger charge is -2.09. The number of carbonyl (C=O) groups excluding carboxylic acids is 1. The van der Waals surface area contributed by atoms with Crippen molar-refractivity contribution in [3.05, 3.63) is 43.0 Å². The van der Waals surface area contributed by atoms with Gasteiger partial charge in [-0.15, -0.1) is 0 Å². The van der Waals surface area contributed by atoms with Gasteiger partial charge in [0.2, 0.25) is 5.91 Å². The third-order valence-corrected chi connectivity index (χ3v) is 5.28. The summed E-state index contributed by atoms with van der Waals surface area (Å²) in [6.07, 6.45) is 19.5. The highest BCUT2D eigenvalue weighted by Crippen LogP contribution is 2.17. The van der Waals surface area contributed by atoms with E-state index in [4.69, 9.17) is 4.74 Å². The summed E-state index contributed by atoms with van der Waals surface area (Å²) in [7, 11) is 0. The van der Waals surface area contributed by atoms with E-state index in [-0.39, 0.29) is 5.91 Å². The summed E-state index contributed by atoms with van der Waals surface area (Å²) in [5, 5.41) is 2.97. The number of hydrogen-bond acceptors (Lipinski definition) is 3. The second-order valence-electron chi connectivity index (χ2n) is 8.01. The van der Waals surface area contributed by atoms with E-state index in [1.165, 1.54) is 51.4 Å². The Kier molecular flexibility index (Phi) is 12.4. The number of nitrogens with one attached hydrogen (secondary N) is 1. The van der Waals surface area contributed by atoms with Crippen LogP contribution in [0, 0.1) is 0 Å². The van der Waals surface area contributed by atoms with E-state index in [0.29, 0.717) is 6.42 Å². The van der Waals surface area contributed by atoms with Crippen LogP contribution in [-0.4, -0.2) is 22.1 Å². The van der Waals surface area contributed by atoms with Crippen LogP contribution in [0.4, 0.5) is 5.69 Å². The minimum atomic E-state index is 0.102. The Morgan fingerprint density at radius 3 is 2.37 bits per heavy atom. The Morgan fingerprint density at radius 1 is 0.933 bits per heavy atom. The third-order valence-electron chi connectivity index (χ3n) is 5.28. The molecule has 5 nitrogen and oxygen atoms in total. The number of aryl methyl sites for hydroxylation is 1. The quantitative estimate of drug-likeness (QED) is 0.297. The van der Waals surface area contributed by atoms with Crippen LogP contribution in [0.1, 0.15) is 84.0 Å². The summed E-state index contributed by atoms with van der Waals surface area (Å²) in [6.45, 7) is 4.02. The molecule has 0 saturated heterocycles. The topological polar surface area (TPSA) is 56.1 Å². The number of anilines is 1. The van der Waals surface area contributed by atoms with Crippen molar-refractivity contribution in [1.82, 2.24) is 9.55 Å². The molecule has 0 aliphatic carbocycles. The number of hydrogen-bond donors (Lipinski definition) is 1. The summed E-state index contributed by atoms with van der Waals surface area (Å²) in [5.41, 5.74) is 0.844. The first-order chi connectivity index (χ1) is 14.8. The number of amides is 1. The highest BCUT2D eigenvalue weighted by Gasteiger charge is 2.03. The summed E-state index contributed by atoms with van der Waals surface area (Å²) in [5.74, 6) is 0.970. The van der Waals surface area contributed by atoms with Gasteiger partial charge in [-0.1, -0.05) is 58.3 Å². The van der Waals surface area contributed by atoms with E-state index in [0.717, 1.165) is 43.9 Å². The zero-order chi connectivity index (χ0) is 21.3. The fourth-order valence-corrected chi connectivity index (χ4v) is 3.46. The summed E-state index contributed by atoms with van der Waals surface area (Å²) >= 11 is 0. The van der Waals surface area contributed by atoms with Crippen molar-refractivity contribution in [3.63, 3.8) is 0 Å². The maximum Gasteiger partial charge on any atom is 0.224 e. The van der Waals surface area contributed by atoms with Crippen molar-refractivity contribution >= 4 is 11.6 Å². The van der Waals surface area contributed by atoms with Crippen molar-refractivity contribution in [2.75, 3.05) is 11.9 Å². The second kappa shape index (κ2) is 15.5. The molecule has 2 rings (SSSR count). The molecule has 0 atom stereocenters. The smallest absolute Gasteiger partial charge is 0.224 e. The summed E-state index contributed by atoms with van der Waals surface area (Å²) < 4.78 is 7.96. The molecule has 0 aliphatic heterocycles. The van der Waals surface area contributed by atoms with Gasteiger partial charge in [0.25, 0.3) is 0 Å². The van der Waals surface area contributed by atoms with Crippen LogP contribution >= 0.6 is 0 Å². The van der Waals surface area contributed by atoms with Gasteiger partial charge in [-0.3, -0.25) is 4.79 Å². The highest BCUT2D eigenvalue weighted by molar-refractivity contribution is 5.90. The van der Waals surface area contributed by atoms with Crippen LogP contribution in [0.15, 0.2) is 43.0 Å². The van der Waals surface area contributed by atoms with Gasteiger partial charge in [-0.05, 0) is 43.5 Å². The average Bonchev–Trinajstić information content (AvgIpc) is 3.27. The lowest BCUT2D eigenvalue weighted by molar-refractivity contribution is -0.116. The van der Waals surface area contributed by atoms with E-state index in [2.05, 4.69) is 21.8 Å². The van der Waals surface area contributed by atoms with Crippen molar-refractivity contribution < 1.29 is 9.53 Å². The van der Waals surface area contributed by atoms with Crippen molar-refractivity contribution in [3.8, 4) is 5.75 Å². The van der Waals surface area contributed by atoms with Crippen molar-refractivity contribution in [2.45, 2.75) is 90.5 Å². The molecular weight excluding hydrogens is 374 g/mol. The molecule has 0 spiro atoms. The lowest BCUT2D eigenvalue weighted by atomic mass is 10.1. The number of aromatic nitrogens is 2. The minimum absolute atomic E-state index is 0.102. The van der Waals surface area contributed by atoms with E-state index < -0.39 is 0 Å². The van der Waals surface area contributed by atoms with E-state index >= 15 is 0 Å². The van der Waals surface area contributed by atoms with Crippen LogP contribution in [0.5, 0.6) is 5.75 Å². The Hall–Kier alpha value is -2.30. The fourth-order valence-electron chi connectivity index (χ4n) is 3.46. The zero-order valence-corrected chi connectivity index (χ0v) is 18.7.